The molecule has 19 heavy (non-hydrogen) atoms. The summed E-state index contributed by atoms with van der Waals surface area (Å²) >= 11 is 3.29. The van der Waals surface area contributed by atoms with E-state index in [1.807, 2.05) is 6.07 Å². The summed E-state index contributed by atoms with van der Waals surface area (Å²) in [7, 11) is -2.12. The molecule has 100 valence electrons. The van der Waals surface area contributed by atoms with Crippen LogP contribution in [0.4, 0.5) is 5.69 Å². The predicted octanol–water partition coefficient (Wildman–Crippen LogP) is 3.26. The Kier molecular flexibility index (Phi) is 4.11. The molecule has 0 aliphatic heterocycles. The van der Waals surface area contributed by atoms with Crippen LogP contribution < -0.4 is 9.46 Å². The Labute approximate surface area is 120 Å². The van der Waals surface area contributed by atoms with Gasteiger partial charge in [0.15, 0.2) is 0 Å². The molecule has 0 amide bonds. The van der Waals surface area contributed by atoms with E-state index < -0.39 is 10.0 Å². The highest BCUT2D eigenvalue weighted by Crippen LogP contribution is 2.22. The van der Waals surface area contributed by atoms with Crippen LogP contribution in [-0.4, -0.2) is 15.5 Å². The molecule has 0 atom stereocenters. The molecule has 2 rings (SSSR count). The van der Waals surface area contributed by atoms with Gasteiger partial charge in [-0.3, -0.25) is 4.72 Å². The zero-order valence-electron chi connectivity index (χ0n) is 10.1. The van der Waals surface area contributed by atoms with E-state index in [9.17, 15) is 8.42 Å². The number of anilines is 1. The normalized spacial score (nSPS) is 11.1. The van der Waals surface area contributed by atoms with Crippen LogP contribution in [0.5, 0.6) is 5.75 Å². The van der Waals surface area contributed by atoms with E-state index in [4.69, 9.17) is 4.74 Å². The molecule has 2 aromatic carbocycles. The molecule has 0 aliphatic rings. The largest absolute Gasteiger partial charge is 0.497 e. The number of methoxy groups -OCH3 is 1. The van der Waals surface area contributed by atoms with Crippen molar-refractivity contribution in [3.8, 4) is 5.75 Å². The van der Waals surface area contributed by atoms with Gasteiger partial charge in [-0.1, -0.05) is 28.1 Å². The highest BCUT2D eigenvalue weighted by atomic mass is 79.9. The van der Waals surface area contributed by atoms with Crippen LogP contribution in [0.3, 0.4) is 0 Å². The highest BCUT2D eigenvalue weighted by molar-refractivity contribution is 9.10. The molecule has 0 saturated heterocycles. The summed E-state index contributed by atoms with van der Waals surface area (Å²) in [5.74, 6) is 0.497. The Bertz CT molecular complexity index is 686. The van der Waals surface area contributed by atoms with Gasteiger partial charge in [0, 0.05) is 16.2 Å². The first-order valence-corrected chi connectivity index (χ1v) is 7.71. The maximum absolute atomic E-state index is 12.2. The van der Waals surface area contributed by atoms with Crippen LogP contribution >= 0.6 is 15.9 Å². The molecule has 1 N–H and O–H groups in total. The van der Waals surface area contributed by atoms with E-state index in [0.29, 0.717) is 11.4 Å². The molecule has 6 heteroatoms. The second kappa shape index (κ2) is 5.63. The Morgan fingerprint density at radius 2 is 1.84 bits per heavy atom. The highest BCUT2D eigenvalue weighted by Gasteiger charge is 2.14. The Morgan fingerprint density at radius 1 is 1.11 bits per heavy atom. The average Bonchev–Trinajstić information content (AvgIpc) is 2.38. The number of benzene rings is 2. The van der Waals surface area contributed by atoms with E-state index in [-0.39, 0.29) is 4.90 Å². The first-order chi connectivity index (χ1) is 9.01. The SMILES string of the molecule is COc1cccc(S(=O)(=O)Nc2cccc(Br)c2)c1. The van der Waals surface area contributed by atoms with Crippen LogP contribution in [0.2, 0.25) is 0 Å². The van der Waals surface area contributed by atoms with E-state index in [2.05, 4.69) is 20.7 Å². The second-order valence-corrected chi connectivity index (χ2v) is 6.39. The van der Waals surface area contributed by atoms with Crippen LogP contribution in [0, 0.1) is 0 Å². The van der Waals surface area contributed by atoms with Gasteiger partial charge in [0.25, 0.3) is 10.0 Å². The van der Waals surface area contributed by atoms with Gasteiger partial charge in [-0.15, -0.1) is 0 Å². The summed E-state index contributed by atoms with van der Waals surface area (Å²) < 4.78 is 32.7. The van der Waals surface area contributed by atoms with Crippen molar-refractivity contribution in [3.63, 3.8) is 0 Å². The van der Waals surface area contributed by atoms with E-state index in [1.54, 1.807) is 30.3 Å². The monoisotopic (exact) mass is 341 g/mol. The molecule has 0 heterocycles. The van der Waals surface area contributed by atoms with Crippen LogP contribution in [-0.2, 0) is 10.0 Å². The minimum absolute atomic E-state index is 0.159. The summed E-state index contributed by atoms with van der Waals surface area (Å²) in [4.78, 5) is 0.159. The van der Waals surface area contributed by atoms with Gasteiger partial charge in [-0.05, 0) is 30.3 Å². The number of hydrogen-bond donors (Lipinski definition) is 1. The fourth-order valence-corrected chi connectivity index (χ4v) is 3.02. The molecule has 2 aromatic rings. The van der Waals surface area contributed by atoms with Gasteiger partial charge in [0.2, 0.25) is 0 Å². The molecule has 4 nitrogen and oxygen atoms in total. The maximum Gasteiger partial charge on any atom is 0.262 e. The van der Waals surface area contributed by atoms with Gasteiger partial charge < -0.3 is 4.74 Å². The van der Waals surface area contributed by atoms with Crippen molar-refractivity contribution in [2.75, 3.05) is 11.8 Å². The first-order valence-electron chi connectivity index (χ1n) is 5.44. The molecular formula is C13H12BrNO3S. The van der Waals surface area contributed by atoms with E-state index in [1.165, 1.54) is 19.2 Å². The van der Waals surface area contributed by atoms with Crippen molar-refractivity contribution in [2.45, 2.75) is 4.90 Å². The number of sulfonamides is 1. The van der Waals surface area contributed by atoms with Gasteiger partial charge in [-0.2, -0.15) is 0 Å². The predicted molar refractivity (Wildman–Crippen MR) is 77.9 cm³/mol. The lowest BCUT2D eigenvalue weighted by molar-refractivity contribution is 0.413. The topological polar surface area (TPSA) is 55.4 Å². The Hall–Kier alpha value is -1.53. The Morgan fingerprint density at radius 3 is 2.53 bits per heavy atom. The maximum atomic E-state index is 12.2. The summed E-state index contributed by atoms with van der Waals surface area (Å²) in [5, 5.41) is 0. The fourth-order valence-electron chi connectivity index (χ4n) is 1.53. The van der Waals surface area contributed by atoms with Gasteiger partial charge in [0.1, 0.15) is 5.75 Å². The second-order valence-electron chi connectivity index (χ2n) is 3.79. The van der Waals surface area contributed by atoms with Crippen molar-refractivity contribution in [1.29, 1.82) is 0 Å². The van der Waals surface area contributed by atoms with Crippen molar-refractivity contribution >= 4 is 31.6 Å². The van der Waals surface area contributed by atoms with Gasteiger partial charge in [-0.25, -0.2) is 8.42 Å². The number of rotatable bonds is 4. The van der Waals surface area contributed by atoms with E-state index in [0.717, 1.165) is 4.47 Å². The standard InChI is InChI=1S/C13H12BrNO3S/c1-18-12-6-3-7-13(9-12)19(16,17)15-11-5-2-4-10(14)8-11/h2-9,15H,1H3. The fraction of sp³-hybridized carbons (Fsp3) is 0.0769. The lowest BCUT2D eigenvalue weighted by Crippen LogP contribution is -2.12. The van der Waals surface area contributed by atoms with Crippen molar-refractivity contribution < 1.29 is 13.2 Å². The summed E-state index contributed by atoms with van der Waals surface area (Å²) in [6.45, 7) is 0. The molecule has 0 fully saturated rings. The molecule has 0 bridgehead atoms. The van der Waals surface area contributed by atoms with Crippen LogP contribution in [0.25, 0.3) is 0 Å². The summed E-state index contributed by atoms with van der Waals surface area (Å²) in [6, 6.07) is 13.3. The molecule has 0 aliphatic carbocycles. The minimum Gasteiger partial charge on any atom is -0.497 e. The van der Waals surface area contributed by atoms with E-state index >= 15 is 0 Å². The van der Waals surface area contributed by atoms with Crippen molar-refractivity contribution in [2.24, 2.45) is 0 Å². The Balaban J connectivity index is 2.32. The summed E-state index contributed by atoms with van der Waals surface area (Å²) in [6.07, 6.45) is 0. The molecule has 0 saturated carbocycles. The third-order valence-corrected chi connectivity index (χ3v) is 4.30. The number of ether oxygens (including phenoxy) is 1. The number of hydrogen-bond acceptors (Lipinski definition) is 3. The molecular weight excluding hydrogens is 330 g/mol. The van der Waals surface area contributed by atoms with Crippen LogP contribution in [0.1, 0.15) is 0 Å². The van der Waals surface area contributed by atoms with Crippen molar-refractivity contribution in [3.05, 3.63) is 53.0 Å². The van der Waals surface area contributed by atoms with Crippen molar-refractivity contribution in [1.82, 2.24) is 0 Å². The van der Waals surface area contributed by atoms with Crippen LogP contribution in [0.15, 0.2) is 57.9 Å². The van der Waals surface area contributed by atoms with Gasteiger partial charge >= 0.3 is 0 Å². The first kappa shape index (κ1) is 13.9. The lowest BCUT2D eigenvalue weighted by Gasteiger charge is -2.09. The molecule has 0 radical (unpaired) electrons. The zero-order valence-corrected chi connectivity index (χ0v) is 12.5. The average molecular weight is 342 g/mol. The zero-order chi connectivity index (χ0) is 13.9. The molecule has 0 aromatic heterocycles. The van der Waals surface area contributed by atoms with Gasteiger partial charge in [0.05, 0.1) is 12.0 Å². The lowest BCUT2D eigenvalue weighted by atomic mass is 10.3. The number of halogens is 1. The summed E-state index contributed by atoms with van der Waals surface area (Å²) in [5.41, 5.74) is 0.497. The third-order valence-electron chi connectivity index (χ3n) is 2.43. The molecule has 0 unspecified atom stereocenters. The minimum atomic E-state index is -3.61. The third kappa shape index (κ3) is 3.48. The molecule has 0 spiro atoms. The number of nitrogens with one attached hydrogen (secondary N) is 1. The quantitative estimate of drug-likeness (QED) is 0.928. The smallest absolute Gasteiger partial charge is 0.262 e.